The van der Waals surface area contributed by atoms with Gasteiger partial charge in [-0.05, 0) is 25.3 Å². The molecule has 1 aromatic heterocycles. The number of nitrogens with zero attached hydrogens (tertiary/aromatic N) is 1. The first-order valence-electron chi connectivity index (χ1n) is 5.94. The van der Waals surface area contributed by atoms with Crippen LogP contribution in [0.1, 0.15) is 33.6 Å². The molecule has 0 bridgehead atoms. The molecule has 1 aliphatic carbocycles. The molecule has 1 unspecified atom stereocenters. The van der Waals surface area contributed by atoms with E-state index in [1.165, 1.54) is 11.3 Å². The second-order valence-electron chi connectivity index (χ2n) is 4.54. The maximum absolute atomic E-state index is 13.7. The molecule has 0 saturated carbocycles. The number of hydrogen-bond donors (Lipinski definition) is 1. The zero-order valence-corrected chi connectivity index (χ0v) is 10.7. The molecule has 1 aromatic carbocycles. The monoisotopic (exact) mass is 284 g/mol. The van der Waals surface area contributed by atoms with E-state index in [0.29, 0.717) is 11.1 Å². The SMILES string of the molecule is NC(c1nc2c(s1)CCC2)c1cc(F)c(F)cc1F. The van der Waals surface area contributed by atoms with E-state index in [-0.39, 0.29) is 5.56 Å². The molecular weight excluding hydrogens is 273 g/mol. The summed E-state index contributed by atoms with van der Waals surface area (Å²) in [5.41, 5.74) is 6.85. The summed E-state index contributed by atoms with van der Waals surface area (Å²) in [6.45, 7) is 0. The molecular formula is C13H11F3N2S. The summed E-state index contributed by atoms with van der Waals surface area (Å²) in [5, 5.41) is 0.551. The fraction of sp³-hybridized carbons (Fsp3) is 0.308. The van der Waals surface area contributed by atoms with Crippen LogP contribution in [0, 0.1) is 17.5 Å². The molecule has 0 saturated heterocycles. The van der Waals surface area contributed by atoms with Gasteiger partial charge in [-0.3, -0.25) is 0 Å². The van der Waals surface area contributed by atoms with Gasteiger partial charge in [0, 0.05) is 16.5 Å². The first-order valence-corrected chi connectivity index (χ1v) is 6.76. The summed E-state index contributed by atoms with van der Waals surface area (Å²) in [6.07, 6.45) is 2.93. The van der Waals surface area contributed by atoms with Crippen LogP contribution < -0.4 is 5.73 Å². The smallest absolute Gasteiger partial charge is 0.161 e. The van der Waals surface area contributed by atoms with Gasteiger partial charge in [-0.25, -0.2) is 18.2 Å². The molecule has 0 aliphatic heterocycles. The van der Waals surface area contributed by atoms with E-state index in [1.807, 2.05) is 0 Å². The molecule has 2 nitrogen and oxygen atoms in total. The lowest BCUT2D eigenvalue weighted by atomic mass is 10.1. The second-order valence-corrected chi connectivity index (χ2v) is 5.66. The van der Waals surface area contributed by atoms with Crippen molar-refractivity contribution in [3.8, 4) is 0 Å². The van der Waals surface area contributed by atoms with Crippen molar-refractivity contribution >= 4 is 11.3 Å². The third kappa shape index (κ3) is 2.15. The minimum Gasteiger partial charge on any atom is -0.318 e. The third-order valence-electron chi connectivity index (χ3n) is 3.25. The summed E-state index contributed by atoms with van der Waals surface area (Å²) in [4.78, 5) is 5.53. The van der Waals surface area contributed by atoms with E-state index in [4.69, 9.17) is 5.73 Å². The van der Waals surface area contributed by atoms with Gasteiger partial charge in [0.15, 0.2) is 11.6 Å². The summed E-state index contributed by atoms with van der Waals surface area (Å²) in [7, 11) is 0. The van der Waals surface area contributed by atoms with Crippen LogP contribution in [0.5, 0.6) is 0 Å². The van der Waals surface area contributed by atoms with Crippen molar-refractivity contribution in [1.82, 2.24) is 4.98 Å². The maximum atomic E-state index is 13.7. The van der Waals surface area contributed by atoms with Crippen LogP contribution in [-0.2, 0) is 12.8 Å². The first-order chi connectivity index (χ1) is 9.06. The zero-order chi connectivity index (χ0) is 13.6. The van der Waals surface area contributed by atoms with E-state index >= 15 is 0 Å². The number of thiazole rings is 1. The van der Waals surface area contributed by atoms with Crippen molar-refractivity contribution < 1.29 is 13.2 Å². The average molecular weight is 284 g/mol. The lowest BCUT2D eigenvalue weighted by Crippen LogP contribution is -2.14. The topological polar surface area (TPSA) is 38.9 Å². The fourth-order valence-electron chi connectivity index (χ4n) is 2.25. The van der Waals surface area contributed by atoms with Gasteiger partial charge in [0.25, 0.3) is 0 Å². The van der Waals surface area contributed by atoms with Crippen molar-refractivity contribution in [2.75, 3.05) is 0 Å². The van der Waals surface area contributed by atoms with Gasteiger partial charge in [0.2, 0.25) is 0 Å². The Morgan fingerprint density at radius 2 is 1.84 bits per heavy atom. The summed E-state index contributed by atoms with van der Waals surface area (Å²) in [5.74, 6) is -3.16. The highest BCUT2D eigenvalue weighted by Gasteiger charge is 2.23. The van der Waals surface area contributed by atoms with Crippen LogP contribution in [-0.4, -0.2) is 4.98 Å². The molecule has 6 heteroatoms. The molecule has 0 fully saturated rings. The highest BCUT2D eigenvalue weighted by molar-refractivity contribution is 7.11. The average Bonchev–Trinajstić information content (AvgIpc) is 2.93. The summed E-state index contributed by atoms with van der Waals surface area (Å²) < 4.78 is 39.7. The molecule has 19 heavy (non-hydrogen) atoms. The number of halogens is 3. The molecule has 1 atom stereocenters. The molecule has 1 heterocycles. The number of hydrogen-bond acceptors (Lipinski definition) is 3. The highest BCUT2D eigenvalue weighted by Crippen LogP contribution is 2.33. The highest BCUT2D eigenvalue weighted by atomic mass is 32.1. The molecule has 2 N–H and O–H groups in total. The number of aromatic nitrogens is 1. The Morgan fingerprint density at radius 3 is 2.58 bits per heavy atom. The number of benzene rings is 1. The van der Waals surface area contributed by atoms with Crippen molar-refractivity contribution in [2.24, 2.45) is 5.73 Å². The largest absolute Gasteiger partial charge is 0.318 e. The van der Waals surface area contributed by atoms with E-state index in [0.717, 1.165) is 35.9 Å². The summed E-state index contributed by atoms with van der Waals surface area (Å²) >= 11 is 1.42. The van der Waals surface area contributed by atoms with Crippen LogP contribution in [0.2, 0.25) is 0 Å². The van der Waals surface area contributed by atoms with Gasteiger partial charge in [0.05, 0.1) is 11.7 Å². The quantitative estimate of drug-likeness (QED) is 0.861. The van der Waals surface area contributed by atoms with Crippen LogP contribution >= 0.6 is 11.3 Å². The Bertz CT molecular complexity index is 618. The van der Waals surface area contributed by atoms with Gasteiger partial charge in [0.1, 0.15) is 10.8 Å². The summed E-state index contributed by atoms with van der Waals surface area (Å²) in [6, 6.07) is 0.471. The van der Waals surface area contributed by atoms with Gasteiger partial charge >= 0.3 is 0 Å². The lowest BCUT2D eigenvalue weighted by Gasteiger charge is -2.10. The van der Waals surface area contributed by atoms with Crippen molar-refractivity contribution in [3.63, 3.8) is 0 Å². The number of aryl methyl sites for hydroxylation is 2. The lowest BCUT2D eigenvalue weighted by molar-refractivity contribution is 0.487. The number of rotatable bonds is 2. The number of fused-ring (bicyclic) bond motifs is 1. The Labute approximate surface area is 112 Å². The van der Waals surface area contributed by atoms with Gasteiger partial charge in [-0.15, -0.1) is 11.3 Å². The normalized spacial score (nSPS) is 15.6. The molecule has 0 radical (unpaired) electrons. The van der Waals surface area contributed by atoms with Crippen LogP contribution in [0.4, 0.5) is 13.2 Å². The van der Waals surface area contributed by atoms with Crippen LogP contribution in [0.25, 0.3) is 0 Å². The second kappa shape index (κ2) is 4.61. The Hall–Kier alpha value is -1.40. The predicted octanol–water partition coefficient (Wildman–Crippen LogP) is 3.10. The Kier molecular flexibility index (Phi) is 3.06. The first kappa shape index (κ1) is 12.6. The van der Waals surface area contributed by atoms with Crippen molar-refractivity contribution in [3.05, 3.63) is 50.7 Å². The van der Waals surface area contributed by atoms with Gasteiger partial charge in [-0.2, -0.15) is 0 Å². The van der Waals surface area contributed by atoms with E-state index in [1.54, 1.807) is 0 Å². The minimum absolute atomic E-state index is 0.0636. The third-order valence-corrected chi connectivity index (χ3v) is 4.49. The van der Waals surface area contributed by atoms with E-state index in [9.17, 15) is 13.2 Å². The predicted molar refractivity (Wildman–Crippen MR) is 66.5 cm³/mol. The molecule has 1 aliphatic rings. The minimum atomic E-state index is -1.21. The van der Waals surface area contributed by atoms with Gasteiger partial charge < -0.3 is 5.73 Å². The number of nitrogens with two attached hydrogens (primary N) is 1. The van der Waals surface area contributed by atoms with Crippen molar-refractivity contribution in [1.29, 1.82) is 0 Å². The standard InChI is InChI=1S/C13H11F3N2S/c14-7-5-9(16)8(15)4-6(7)12(17)13-18-10-2-1-3-11(10)19-13/h4-5,12H,1-3,17H2. The molecule has 100 valence electrons. The Balaban J connectivity index is 1.99. The molecule has 2 aromatic rings. The zero-order valence-electron chi connectivity index (χ0n) is 9.92. The van der Waals surface area contributed by atoms with Crippen molar-refractivity contribution in [2.45, 2.75) is 25.3 Å². The van der Waals surface area contributed by atoms with Crippen LogP contribution in [0.15, 0.2) is 12.1 Å². The Morgan fingerprint density at radius 1 is 1.11 bits per heavy atom. The van der Waals surface area contributed by atoms with E-state index in [2.05, 4.69) is 4.98 Å². The molecule has 0 spiro atoms. The molecule has 0 amide bonds. The van der Waals surface area contributed by atoms with Gasteiger partial charge in [-0.1, -0.05) is 0 Å². The molecule has 3 rings (SSSR count). The fourth-order valence-corrected chi connectivity index (χ4v) is 3.43. The maximum Gasteiger partial charge on any atom is 0.161 e. The van der Waals surface area contributed by atoms with Crippen LogP contribution in [0.3, 0.4) is 0 Å². The van der Waals surface area contributed by atoms with E-state index < -0.39 is 23.5 Å².